The summed E-state index contributed by atoms with van der Waals surface area (Å²) in [6.45, 7) is 11.0. The number of likely N-dealkylation sites (tertiary alicyclic amines) is 1. The van der Waals surface area contributed by atoms with Crippen LogP contribution in [-0.2, 0) is 4.74 Å². The molecular formula is C29H40ClN7O4. The summed E-state index contributed by atoms with van der Waals surface area (Å²) in [5.74, 6) is 1.32. The summed E-state index contributed by atoms with van der Waals surface area (Å²) in [6, 6.07) is 5.60. The first-order chi connectivity index (χ1) is 19.7. The molecule has 2 saturated heterocycles. The molecule has 222 valence electrons. The second-order valence-electron chi connectivity index (χ2n) is 11.7. The number of carbonyl (C=O) groups is 1. The van der Waals surface area contributed by atoms with Crippen LogP contribution in [0.1, 0.15) is 44.0 Å². The fraction of sp³-hybridized carbons (Fsp3) is 0.552. The number of nitrogens with one attached hydrogen (secondary N) is 3. The number of nitrogens with zero attached hydrogens (tertiary/aromatic N) is 4. The molecule has 1 unspecified atom stereocenters. The predicted molar refractivity (Wildman–Crippen MR) is 160 cm³/mol. The molecule has 0 radical (unpaired) electrons. The van der Waals surface area contributed by atoms with Gasteiger partial charge in [-0.2, -0.15) is 9.97 Å². The van der Waals surface area contributed by atoms with Crippen LogP contribution in [0.25, 0.3) is 11.0 Å². The van der Waals surface area contributed by atoms with Crippen molar-refractivity contribution >= 4 is 46.0 Å². The van der Waals surface area contributed by atoms with Crippen molar-refractivity contribution in [2.75, 3.05) is 63.7 Å². The van der Waals surface area contributed by atoms with Crippen molar-refractivity contribution in [2.45, 2.75) is 45.7 Å². The molecule has 41 heavy (non-hydrogen) atoms. The van der Waals surface area contributed by atoms with E-state index in [1.54, 1.807) is 31.5 Å². The standard InChI is InChI=1S/C29H40ClN7O4/c1-29(2,3)23(17-38)33-26-24-20(30)16-31-25(24)34-28(35-26)32-21-6-5-18(15-22(21)40-4)27(39)37-9-7-19(8-10-37)36-11-13-41-14-12-36/h5-6,15-16,19,23,38H,7-14,17H2,1-4H3,(H3,31,32,33,34,35). The number of H-pyrrole nitrogens is 1. The van der Waals surface area contributed by atoms with Crippen LogP contribution < -0.4 is 15.4 Å². The summed E-state index contributed by atoms with van der Waals surface area (Å²) in [5.41, 5.74) is 1.51. The van der Waals surface area contributed by atoms with Crippen molar-refractivity contribution in [1.82, 2.24) is 24.8 Å². The Hall–Kier alpha value is -3.12. The molecule has 0 bridgehead atoms. The van der Waals surface area contributed by atoms with E-state index in [0.717, 1.165) is 52.2 Å². The number of aromatic amines is 1. The molecule has 2 aliphatic heterocycles. The van der Waals surface area contributed by atoms with Crippen LogP contribution in [0, 0.1) is 5.41 Å². The number of ether oxygens (including phenoxy) is 2. The first kappa shape index (κ1) is 29.4. The summed E-state index contributed by atoms with van der Waals surface area (Å²) in [7, 11) is 1.57. The fourth-order valence-corrected chi connectivity index (χ4v) is 5.70. The Morgan fingerprint density at radius 1 is 1.22 bits per heavy atom. The van der Waals surface area contributed by atoms with Crippen molar-refractivity contribution in [2.24, 2.45) is 5.41 Å². The molecule has 1 amide bonds. The third kappa shape index (κ3) is 6.53. The molecule has 1 atom stereocenters. The van der Waals surface area contributed by atoms with Gasteiger partial charge in [0.15, 0.2) is 0 Å². The lowest BCUT2D eigenvalue weighted by Crippen LogP contribution is -2.50. The average Bonchev–Trinajstić information content (AvgIpc) is 3.36. The highest BCUT2D eigenvalue weighted by molar-refractivity contribution is 6.36. The van der Waals surface area contributed by atoms with Crippen molar-refractivity contribution in [3.63, 3.8) is 0 Å². The maximum absolute atomic E-state index is 13.4. The Bertz CT molecular complexity index is 1360. The van der Waals surface area contributed by atoms with E-state index in [1.165, 1.54) is 0 Å². The van der Waals surface area contributed by atoms with Crippen LogP contribution in [0.15, 0.2) is 24.4 Å². The van der Waals surface area contributed by atoms with Crippen LogP contribution in [0.2, 0.25) is 5.02 Å². The summed E-state index contributed by atoms with van der Waals surface area (Å²) in [6.07, 6.45) is 3.59. The highest BCUT2D eigenvalue weighted by Crippen LogP contribution is 2.34. The molecule has 1 aromatic carbocycles. The number of aliphatic hydroxyl groups is 1. The minimum atomic E-state index is -0.266. The zero-order chi connectivity index (χ0) is 29.1. The normalized spacial score (nSPS) is 18.0. The lowest BCUT2D eigenvalue weighted by Gasteiger charge is -2.40. The van der Waals surface area contributed by atoms with E-state index < -0.39 is 0 Å². The minimum Gasteiger partial charge on any atom is -0.495 e. The summed E-state index contributed by atoms with van der Waals surface area (Å²) in [5, 5.41) is 17.7. The van der Waals surface area contributed by atoms with Gasteiger partial charge in [0, 0.05) is 44.0 Å². The number of anilines is 3. The number of aromatic nitrogens is 3. The number of piperidine rings is 1. The van der Waals surface area contributed by atoms with Gasteiger partial charge in [-0.25, -0.2) is 0 Å². The van der Waals surface area contributed by atoms with Gasteiger partial charge in [-0.15, -0.1) is 0 Å². The lowest BCUT2D eigenvalue weighted by molar-refractivity contribution is 0.00159. The number of hydrogen-bond acceptors (Lipinski definition) is 9. The number of hydrogen-bond donors (Lipinski definition) is 4. The molecule has 0 saturated carbocycles. The smallest absolute Gasteiger partial charge is 0.253 e. The summed E-state index contributed by atoms with van der Waals surface area (Å²) >= 11 is 6.44. The van der Waals surface area contributed by atoms with Gasteiger partial charge in [0.2, 0.25) is 5.95 Å². The first-order valence-corrected chi connectivity index (χ1v) is 14.5. The lowest BCUT2D eigenvalue weighted by atomic mass is 9.87. The van der Waals surface area contributed by atoms with Gasteiger partial charge in [-0.1, -0.05) is 32.4 Å². The van der Waals surface area contributed by atoms with Crippen LogP contribution in [0.4, 0.5) is 17.5 Å². The third-order valence-electron chi connectivity index (χ3n) is 8.03. The second kappa shape index (κ2) is 12.4. The van der Waals surface area contributed by atoms with E-state index in [-0.39, 0.29) is 24.0 Å². The Morgan fingerprint density at radius 3 is 2.61 bits per heavy atom. The van der Waals surface area contributed by atoms with Gasteiger partial charge < -0.3 is 35.1 Å². The number of amides is 1. The molecule has 2 fully saturated rings. The number of fused-ring (bicyclic) bond motifs is 1. The zero-order valence-corrected chi connectivity index (χ0v) is 24.9. The Kier molecular flexibility index (Phi) is 8.88. The molecule has 4 heterocycles. The molecular weight excluding hydrogens is 546 g/mol. The minimum absolute atomic E-state index is 0.00214. The third-order valence-corrected chi connectivity index (χ3v) is 8.33. The van der Waals surface area contributed by atoms with Crippen molar-refractivity contribution < 1.29 is 19.4 Å². The topological polar surface area (TPSA) is 128 Å². The van der Waals surface area contributed by atoms with Crippen molar-refractivity contribution in [3.05, 3.63) is 35.0 Å². The highest BCUT2D eigenvalue weighted by Gasteiger charge is 2.29. The fourth-order valence-electron chi connectivity index (χ4n) is 5.46. The van der Waals surface area contributed by atoms with Crippen LogP contribution in [0.5, 0.6) is 5.75 Å². The van der Waals surface area contributed by atoms with Gasteiger partial charge in [-0.3, -0.25) is 9.69 Å². The number of methoxy groups -OCH3 is 1. The number of halogens is 1. The second-order valence-corrected chi connectivity index (χ2v) is 12.1. The number of morpholine rings is 1. The molecule has 11 nitrogen and oxygen atoms in total. The van der Waals surface area contributed by atoms with E-state index in [4.69, 9.17) is 26.1 Å². The highest BCUT2D eigenvalue weighted by atomic mass is 35.5. The average molecular weight is 586 g/mol. The molecule has 5 rings (SSSR count). The summed E-state index contributed by atoms with van der Waals surface area (Å²) < 4.78 is 11.1. The van der Waals surface area contributed by atoms with Crippen molar-refractivity contribution in [3.8, 4) is 5.75 Å². The van der Waals surface area contributed by atoms with E-state index in [0.29, 0.717) is 50.9 Å². The molecule has 0 aliphatic carbocycles. The molecule has 12 heteroatoms. The van der Waals surface area contributed by atoms with Crippen LogP contribution >= 0.6 is 11.6 Å². The van der Waals surface area contributed by atoms with Crippen molar-refractivity contribution in [1.29, 1.82) is 0 Å². The quantitative estimate of drug-likeness (QED) is 0.309. The molecule has 3 aromatic rings. The summed E-state index contributed by atoms with van der Waals surface area (Å²) in [4.78, 5) is 30.2. The number of rotatable bonds is 8. The van der Waals surface area contributed by atoms with Gasteiger partial charge in [0.05, 0.1) is 49.1 Å². The number of aliphatic hydroxyl groups excluding tert-OH is 1. The largest absolute Gasteiger partial charge is 0.495 e. The van der Waals surface area contributed by atoms with E-state index >= 15 is 0 Å². The van der Waals surface area contributed by atoms with Gasteiger partial charge >= 0.3 is 0 Å². The van der Waals surface area contributed by atoms with Crippen LogP contribution in [0.3, 0.4) is 0 Å². The SMILES string of the molecule is COc1cc(C(=O)N2CCC(N3CCOCC3)CC2)ccc1Nc1nc(NC(CO)C(C)(C)C)c2c(Cl)c[nH]c2n1. The van der Waals surface area contributed by atoms with E-state index in [2.05, 4.69) is 25.5 Å². The molecule has 4 N–H and O–H groups in total. The predicted octanol–water partition coefficient (Wildman–Crippen LogP) is 4.12. The van der Waals surface area contributed by atoms with E-state index in [1.807, 2.05) is 25.7 Å². The van der Waals surface area contributed by atoms with Crippen LogP contribution in [-0.4, -0.2) is 101 Å². The first-order valence-electron chi connectivity index (χ1n) is 14.2. The number of benzene rings is 1. The maximum atomic E-state index is 13.4. The molecule has 0 spiro atoms. The Balaban J connectivity index is 1.32. The zero-order valence-electron chi connectivity index (χ0n) is 24.2. The van der Waals surface area contributed by atoms with Gasteiger partial charge in [-0.05, 0) is 36.5 Å². The Morgan fingerprint density at radius 2 is 1.95 bits per heavy atom. The molecule has 2 aliphatic rings. The monoisotopic (exact) mass is 585 g/mol. The molecule has 2 aromatic heterocycles. The Labute approximate surface area is 245 Å². The number of carbonyl (C=O) groups excluding carboxylic acids is 1. The van der Waals surface area contributed by atoms with E-state index in [9.17, 15) is 9.90 Å². The van der Waals surface area contributed by atoms with Gasteiger partial charge in [0.25, 0.3) is 5.91 Å². The van der Waals surface area contributed by atoms with Gasteiger partial charge in [0.1, 0.15) is 17.2 Å². The maximum Gasteiger partial charge on any atom is 0.253 e.